The third kappa shape index (κ3) is 2.21. The van der Waals surface area contributed by atoms with Crippen molar-refractivity contribution in [3.63, 3.8) is 0 Å². The van der Waals surface area contributed by atoms with Crippen LogP contribution in [0.3, 0.4) is 0 Å². The number of ether oxygens (including phenoxy) is 2. The largest absolute Gasteiger partial charge is 0.491 e. The van der Waals surface area contributed by atoms with Gasteiger partial charge in [-0.2, -0.15) is 0 Å². The molecule has 2 aliphatic heterocycles. The molecule has 0 aromatic heterocycles. The van der Waals surface area contributed by atoms with Crippen LogP contribution in [0, 0.1) is 0 Å². The van der Waals surface area contributed by atoms with Crippen molar-refractivity contribution in [1.82, 2.24) is 0 Å². The van der Waals surface area contributed by atoms with Gasteiger partial charge in [0.15, 0.2) is 0 Å². The van der Waals surface area contributed by atoms with Crippen molar-refractivity contribution in [2.24, 2.45) is 0 Å². The Morgan fingerprint density at radius 2 is 0.875 bits per heavy atom. The average Bonchev–Trinajstić information content (AvgIpc) is 2.94. The van der Waals surface area contributed by atoms with E-state index in [0.717, 1.165) is 20.9 Å². The molecule has 0 fully saturated rings. The van der Waals surface area contributed by atoms with Crippen molar-refractivity contribution in [2.75, 3.05) is 13.2 Å². The zero-order valence-electron chi connectivity index (χ0n) is 12.1. The van der Waals surface area contributed by atoms with Gasteiger partial charge in [-0.05, 0) is 0 Å². The lowest BCUT2D eigenvalue weighted by atomic mass is 9.99. The molecule has 0 aromatic rings. The predicted octanol–water partition coefficient (Wildman–Crippen LogP) is 3.88. The Bertz CT molecular complexity index is 841. The minimum atomic E-state index is 0.514. The van der Waals surface area contributed by atoms with Crippen LogP contribution in [0.15, 0.2) is 33.8 Å². The Labute approximate surface area is 171 Å². The molecule has 0 radical (unpaired) electrons. The molecular formula is C16H8O2S6. The summed E-state index contributed by atoms with van der Waals surface area (Å²) in [4.78, 5) is 3.76. The fourth-order valence-corrected chi connectivity index (χ4v) is 5.48. The molecule has 8 heteroatoms. The van der Waals surface area contributed by atoms with Crippen LogP contribution in [0.25, 0.3) is 0 Å². The molecule has 4 aliphatic rings. The summed E-state index contributed by atoms with van der Waals surface area (Å²) in [6, 6.07) is 0. The second kappa shape index (κ2) is 5.96. The maximum atomic E-state index is 5.73. The maximum Gasteiger partial charge on any atom is 0.147 e. The molecule has 0 unspecified atom stereocenters. The summed E-state index contributed by atoms with van der Waals surface area (Å²) in [7, 11) is 0. The van der Waals surface area contributed by atoms with Gasteiger partial charge < -0.3 is 9.47 Å². The molecule has 0 saturated heterocycles. The molecule has 24 heavy (non-hydrogen) atoms. The Balaban J connectivity index is 1.88. The molecule has 0 spiro atoms. The summed E-state index contributed by atoms with van der Waals surface area (Å²) in [6.07, 6.45) is 1.33. The summed E-state index contributed by atoms with van der Waals surface area (Å²) < 4.78 is 11.5. The van der Waals surface area contributed by atoms with Gasteiger partial charge in [-0.15, -0.1) is 0 Å². The molecule has 0 bridgehead atoms. The van der Waals surface area contributed by atoms with Gasteiger partial charge in [-0.25, -0.2) is 0 Å². The molecular weight excluding hydrogens is 417 g/mol. The van der Waals surface area contributed by atoms with Crippen molar-refractivity contribution in [2.45, 2.75) is 12.8 Å². The number of hydrogen-bond acceptors (Lipinski definition) is 8. The van der Waals surface area contributed by atoms with Crippen LogP contribution in [0.2, 0.25) is 0 Å². The molecule has 0 aromatic carbocycles. The van der Waals surface area contributed by atoms with Gasteiger partial charge in [-0.1, -0.05) is 73.3 Å². The normalized spacial score (nSPS) is 26.8. The quantitative estimate of drug-likeness (QED) is 0.425. The smallest absolute Gasteiger partial charge is 0.147 e. The second-order valence-corrected chi connectivity index (χ2v) is 8.14. The van der Waals surface area contributed by atoms with Crippen LogP contribution in [-0.4, -0.2) is 42.4 Å². The second-order valence-electron chi connectivity index (χ2n) is 5.52. The first-order chi connectivity index (χ1) is 11.4. The highest BCUT2D eigenvalue weighted by Crippen LogP contribution is 2.40. The third-order valence-corrected chi connectivity index (χ3v) is 6.60. The first-order valence-electron chi connectivity index (χ1n) is 7.17. The lowest BCUT2D eigenvalue weighted by molar-refractivity contribution is 0.236. The molecule has 0 amide bonds. The third-order valence-electron chi connectivity index (χ3n) is 4.19. The lowest BCUT2D eigenvalue weighted by Gasteiger charge is -2.15. The minimum absolute atomic E-state index is 0.514. The van der Waals surface area contributed by atoms with E-state index in [0.29, 0.717) is 68.2 Å². The summed E-state index contributed by atoms with van der Waals surface area (Å²) >= 11 is 33.4. The molecule has 120 valence electrons. The van der Waals surface area contributed by atoms with E-state index >= 15 is 0 Å². The number of allylic oxidation sites excluding steroid dienone is 4. The van der Waals surface area contributed by atoms with Gasteiger partial charge >= 0.3 is 0 Å². The standard InChI is InChI=1S/C16H8O2S6/c19-5-1-3-17-11-7(5)13(21)9(15(11)23)10-14(22)8-6(20)2-4-18-12(8)16(10)24/h1-4H2/b10-9+. The summed E-state index contributed by atoms with van der Waals surface area (Å²) in [6.45, 7) is 1.03. The van der Waals surface area contributed by atoms with Crippen molar-refractivity contribution in [3.8, 4) is 0 Å². The van der Waals surface area contributed by atoms with Crippen molar-refractivity contribution in [3.05, 3.63) is 33.8 Å². The van der Waals surface area contributed by atoms with E-state index in [9.17, 15) is 0 Å². The van der Waals surface area contributed by atoms with Crippen molar-refractivity contribution < 1.29 is 9.47 Å². The topological polar surface area (TPSA) is 18.5 Å². The average molecular weight is 425 g/mol. The minimum Gasteiger partial charge on any atom is -0.491 e. The van der Waals surface area contributed by atoms with Gasteiger partial charge in [0, 0.05) is 33.7 Å². The van der Waals surface area contributed by atoms with E-state index in [1.54, 1.807) is 0 Å². The highest BCUT2D eigenvalue weighted by atomic mass is 32.1. The zero-order valence-corrected chi connectivity index (χ0v) is 17.0. The Hall–Kier alpha value is -0.640. The summed E-state index contributed by atoms with van der Waals surface area (Å²) in [5.41, 5.74) is 2.84. The molecule has 0 saturated carbocycles. The Morgan fingerprint density at radius 1 is 0.500 bits per heavy atom. The van der Waals surface area contributed by atoms with E-state index in [1.165, 1.54) is 0 Å². The summed E-state index contributed by atoms with van der Waals surface area (Å²) in [5, 5.41) is 0. The SMILES string of the molecule is S=C1CCOC2=C1C(=S)/C(=C1\C(=S)C3=C(C(=S)CCO3)C1=S)C2=S. The maximum absolute atomic E-state index is 5.73. The lowest BCUT2D eigenvalue weighted by Crippen LogP contribution is -2.16. The van der Waals surface area contributed by atoms with Gasteiger partial charge in [-0.3, -0.25) is 0 Å². The van der Waals surface area contributed by atoms with Crippen molar-refractivity contribution >= 4 is 102 Å². The highest BCUT2D eigenvalue weighted by molar-refractivity contribution is 7.86. The predicted molar refractivity (Wildman–Crippen MR) is 118 cm³/mol. The molecule has 2 aliphatic carbocycles. The molecule has 0 N–H and O–H groups in total. The molecule has 0 atom stereocenters. The van der Waals surface area contributed by atoms with Gasteiger partial charge in [0.2, 0.25) is 0 Å². The fourth-order valence-electron chi connectivity index (χ4n) is 3.09. The van der Waals surface area contributed by atoms with E-state index in [-0.39, 0.29) is 0 Å². The number of hydrogen-bond donors (Lipinski definition) is 0. The van der Waals surface area contributed by atoms with Gasteiger partial charge in [0.25, 0.3) is 0 Å². The van der Waals surface area contributed by atoms with E-state index in [2.05, 4.69) is 0 Å². The first kappa shape index (κ1) is 16.8. The van der Waals surface area contributed by atoms with Crippen LogP contribution in [0.1, 0.15) is 12.8 Å². The van der Waals surface area contributed by atoms with E-state index in [4.69, 9.17) is 82.8 Å². The molecule has 2 heterocycles. The van der Waals surface area contributed by atoms with Crippen LogP contribution < -0.4 is 0 Å². The van der Waals surface area contributed by atoms with E-state index < -0.39 is 0 Å². The highest BCUT2D eigenvalue weighted by Gasteiger charge is 2.43. The van der Waals surface area contributed by atoms with E-state index in [1.807, 2.05) is 0 Å². The Morgan fingerprint density at radius 3 is 1.21 bits per heavy atom. The van der Waals surface area contributed by atoms with Crippen molar-refractivity contribution in [1.29, 1.82) is 0 Å². The number of rotatable bonds is 0. The van der Waals surface area contributed by atoms with Gasteiger partial charge in [0.1, 0.15) is 11.5 Å². The van der Waals surface area contributed by atoms with Crippen LogP contribution in [0.4, 0.5) is 0 Å². The molecule has 4 rings (SSSR count). The van der Waals surface area contributed by atoms with Gasteiger partial charge in [0.05, 0.1) is 43.8 Å². The van der Waals surface area contributed by atoms with Crippen LogP contribution in [-0.2, 0) is 9.47 Å². The Kier molecular flexibility index (Phi) is 4.18. The van der Waals surface area contributed by atoms with Crippen LogP contribution >= 0.6 is 73.3 Å². The summed E-state index contributed by atoms with van der Waals surface area (Å²) in [5.74, 6) is 1.18. The number of thiocarbonyl (C=S) groups is 6. The zero-order chi connectivity index (χ0) is 17.2. The monoisotopic (exact) mass is 424 g/mol. The first-order valence-corrected chi connectivity index (χ1v) is 9.62. The fraction of sp³-hybridized carbons (Fsp3) is 0.250. The van der Waals surface area contributed by atoms with Crippen LogP contribution in [0.5, 0.6) is 0 Å². The molecule has 2 nitrogen and oxygen atoms in total.